The molecule has 0 heterocycles. The van der Waals surface area contributed by atoms with Gasteiger partial charge in [-0.3, -0.25) is 19.7 Å². The van der Waals surface area contributed by atoms with Gasteiger partial charge in [0.1, 0.15) is 5.70 Å². The van der Waals surface area contributed by atoms with E-state index in [2.05, 4.69) is 10.6 Å². The molecule has 3 rings (SSSR count). The third kappa shape index (κ3) is 5.66. The molecule has 7 nitrogen and oxygen atoms in total. The molecule has 0 aliphatic heterocycles. The average Bonchev–Trinajstić information content (AvgIpc) is 2.76. The number of non-ortho nitro benzene ring substituents is 1. The van der Waals surface area contributed by atoms with Crippen LogP contribution in [0.15, 0.2) is 72.4 Å². The fraction of sp³-hybridized carbons (Fsp3) is 0.120. The molecule has 2 N–H and O–H groups in total. The van der Waals surface area contributed by atoms with Crippen molar-refractivity contribution in [1.82, 2.24) is 5.32 Å². The van der Waals surface area contributed by atoms with Crippen LogP contribution in [0.2, 0.25) is 0 Å². The third-order valence-electron chi connectivity index (χ3n) is 4.96. The van der Waals surface area contributed by atoms with Crippen LogP contribution in [0.4, 0.5) is 11.4 Å². The van der Waals surface area contributed by atoms with Crippen LogP contribution in [0.1, 0.15) is 32.6 Å². The highest BCUT2D eigenvalue weighted by Gasteiger charge is 2.16. The molecule has 0 saturated carbocycles. The van der Waals surface area contributed by atoms with Gasteiger partial charge in [0.05, 0.1) is 4.92 Å². The Morgan fingerprint density at radius 1 is 0.906 bits per heavy atom. The second-order valence-corrected chi connectivity index (χ2v) is 7.48. The molecule has 32 heavy (non-hydrogen) atoms. The fourth-order valence-electron chi connectivity index (χ4n) is 2.97. The minimum absolute atomic E-state index is 0.0331. The van der Waals surface area contributed by atoms with E-state index in [0.29, 0.717) is 16.8 Å². The summed E-state index contributed by atoms with van der Waals surface area (Å²) < 4.78 is 0. The molecule has 0 aliphatic carbocycles. The summed E-state index contributed by atoms with van der Waals surface area (Å²) in [6, 6.07) is 18.2. The Morgan fingerprint density at radius 3 is 2.28 bits per heavy atom. The Hall–Kier alpha value is -4.26. The van der Waals surface area contributed by atoms with E-state index in [0.717, 1.165) is 16.7 Å². The molecule has 3 aromatic rings. The van der Waals surface area contributed by atoms with Gasteiger partial charge < -0.3 is 10.6 Å². The van der Waals surface area contributed by atoms with Gasteiger partial charge in [-0.05, 0) is 67.8 Å². The molecule has 0 saturated heterocycles. The number of hydrogen-bond donors (Lipinski definition) is 2. The first-order valence-electron chi connectivity index (χ1n) is 9.96. The van der Waals surface area contributed by atoms with Crippen LogP contribution in [-0.2, 0) is 4.79 Å². The van der Waals surface area contributed by atoms with Crippen molar-refractivity contribution in [1.29, 1.82) is 0 Å². The van der Waals surface area contributed by atoms with Crippen molar-refractivity contribution in [3.63, 3.8) is 0 Å². The zero-order valence-corrected chi connectivity index (χ0v) is 18.0. The number of benzene rings is 3. The van der Waals surface area contributed by atoms with Crippen molar-refractivity contribution in [2.24, 2.45) is 0 Å². The molecule has 0 aromatic heterocycles. The SMILES string of the molecule is Cc1ccc(C(=O)N/C(=C\c2cccc([N+](=O)[O-])c2)C(=O)Nc2ccc(C)c(C)c2)cc1. The first-order chi connectivity index (χ1) is 15.2. The van der Waals surface area contributed by atoms with Crippen molar-refractivity contribution in [3.05, 3.63) is 110 Å². The number of carbonyl (C=O) groups excluding carboxylic acids is 2. The zero-order valence-electron chi connectivity index (χ0n) is 18.0. The number of amides is 2. The molecule has 162 valence electrons. The van der Waals surface area contributed by atoms with Crippen molar-refractivity contribution in [2.75, 3.05) is 5.32 Å². The van der Waals surface area contributed by atoms with Gasteiger partial charge in [-0.25, -0.2) is 0 Å². The molecule has 0 radical (unpaired) electrons. The molecule has 0 aliphatic rings. The number of nitro groups is 1. The van der Waals surface area contributed by atoms with E-state index in [4.69, 9.17) is 0 Å². The van der Waals surface area contributed by atoms with Crippen LogP contribution < -0.4 is 10.6 Å². The molecule has 7 heteroatoms. The predicted molar refractivity (Wildman–Crippen MR) is 124 cm³/mol. The lowest BCUT2D eigenvalue weighted by Crippen LogP contribution is -2.30. The Labute approximate surface area is 185 Å². The number of anilines is 1. The van der Waals surface area contributed by atoms with Gasteiger partial charge in [-0.15, -0.1) is 0 Å². The first-order valence-corrected chi connectivity index (χ1v) is 9.96. The van der Waals surface area contributed by atoms with E-state index in [-0.39, 0.29) is 11.4 Å². The molecule has 0 unspecified atom stereocenters. The Balaban J connectivity index is 1.93. The van der Waals surface area contributed by atoms with Gasteiger partial charge in [0.25, 0.3) is 17.5 Å². The average molecular weight is 429 g/mol. The van der Waals surface area contributed by atoms with E-state index in [1.165, 1.54) is 24.3 Å². The van der Waals surface area contributed by atoms with Crippen LogP contribution >= 0.6 is 0 Å². The Kier molecular flexibility index (Phi) is 6.80. The summed E-state index contributed by atoms with van der Waals surface area (Å²) in [6.07, 6.45) is 1.41. The lowest BCUT2D eigenvalue weighted by atomic mass is 10.1. The van der Waals surface area contributed by atoms with Crippen molar-refractivity contribution >= 4 is 29.3 Å². The maximum absolute atomic E-state index is 13.0. The second kappa shape index (κ2) is 9.70. The van der Waals surface area contributed by atoms with Crippen molar-refractivity contribution in [2.45, 2.75) is 20.8 Å². The summed E-state index contributed by atoms with van der Waals surface area (Å²) in [7, 11) is 0. The van der Waals surface area contributed by atoms with Gasteiger partial charge in [0.15, 0.2) is 0 Å². The van der Waals surface area contributed by atoms with Crippen molar-refractivity contribution < 1.29 is 14.5 Å². The van der Waals surface area contributed by atoms with Crippen LogP contribution in [0.3, 0.4) is 0 Å². The number of rotatable bonds is 6. The zero-order chi connectivity index (χ0) is 23.3. The van der Waals surface area contributed by atoms with Gasteiger partial charge >= 0.3 is 0 Å². The lowest BCUT2D eigenvalue weighted by molar-refractivity contribution is -0.384. The maximum atomic E-state index is 13.0. The summed E-state index contributed by atoms with van der Waals surface area (Å²) >= 11 is 0. The Bertz CT molecular complexity index is 1210. The van der Waals surface area contributed by atoms with Crippen molar-refractivity contribution in [3.8, 4) is 0 Å². The summed E-state index contributed by atoms with van der Waals surface area (Å²) in [6.45, 7) is 5.81. The smallest absolute Gasteiger partial charge is 0.272 e. The lowest BCUT2D eigenvalue weighted by Gasteiger charge is -2.12. The standard InChI is InChI=1S/C25H23N3O4/c1-16-7-10-20(11-8-16)24(29)27-23(15-19-5-4-6-22(14-19)28(31)32)25(30)26-21-12-9-17(2)18(3)13-21/h4-15H,1-3H3,(H,26,30)(H,27,29)/b23-15-. The van der Waals surface area contributed by atoms with Crippen LogP contribution in [0.25, 0.3) is 6.08 Å². The number of aryl methyl sites for hydroxylation is 3. The quantitative estimate of drug-likeness (QED) is 0.329. The molecule has 0 spiro atoms. The second-order valence-electron chi connectivity index (χ2n) is 7.48. The molecule has 0 atom stereocenters. The monoisotopic (exact) mass is 429 g/mol. The fourth-order valence-corrected chi connectivity index (χ4v) is 2.97. The highest BCUT2D eigenvalue weighted by Crippen LogP contribution is 2.18. The van der Waals surface area contributed by atoms with Gasteiger partial charge in [-0.1, -0.05) is 35.9 Å². The molecule has 3 aromatic carbocycles. The van der Waals surface area contributed by atoms with E-state index in [1.54, 1.807) is 36.4 Å². The molecule has 0 bridgehead atoms. The minimum atomic E-state index is -0.541. The van der Waals surface area contributed by atoms with Crippen LogP contribution in [0, 0.1) is 30.9 Å². The van der Waals surface area contributed by atoms with Gasteiger partial charge in [0.2, 0.25) is 0 Å². The minimum Gasteiger partial charge on any atom is -0.321 e. The Morgan fingerprint density at radius 2 is 1.62 bits per heavy atom. The van der Waals surface area contributed by atoms with Crippen LogP contribution in [-0.4, -0.2) is 16.7 Å². The first kappa shape index (κ1) is 22.4. The van der Waals surface area contributed by atoms with E-state index in [9.17, 15) is 19.7 Å². The highest BCUT2D eigenvalue weighted by molar-refractivity contribution is 6.10. The maximum Gasteiger partial charge on any atom is 0.272 e. The number of carbonyl (C=O) groups is 2. The van der Waals surface area contributed by atoms with Gasteiger partial charge in [-0.2, -0.15) is 0 Å². The largest absolute Gasteiger partial charge is 0.321 e. The molecular weight excluding hydrogens is 406 g/mol. The summed E-state index contributed by atoms with van der Waals surface area (Å²) in [4.78, 5) is 36.4. The summed E-state index contributed by atoms with van der Waals surface area (Å²) in [5.74, 6) is -1.00. The number of hydrogen-bond acceptors (Lipinski definition) is 4. The number of nitrogens with one attached hydrogen (secondary N) is 2. The molecule has 2 amide bonds. The molecule has 0 fully saturated rings. The third-order valence-corrected chi connectivity index (χ3v) is 4.96. The van der Waals surface area contributed by atoms with E-state index >= 15 is 0 Å². The molecular formula is C25H23N3O4. The summed E-state index contributed by atoms with van der Waals surface area (Å²) in [5, 5.41) is 16.5. The highest BCUT2D eigenvalue weighted by atomic mass is 16.6. The predicted octanol–water partition coefficient (Wildman–Crippen LogP) is 4.93. The van der Waals surface area contributed by atoms with Gasteiger partial charge in [0, 0.05) is 23.4 Å². The van der Waals surface area contributed by atoms with E-state index in [1.807, 2.05) is 32.9 Å². The normalized spacial score (nSPS) is 11.0. The topological polar surface area (TPSA) is 101 Å². The number of nitro benzene ring substituents is 1. The summed E-state index contributed by atoms with van der Waals surface area (Å²) in [5.41, 5.74) is 4.33. The van der Waals surface area contributed by atoms with E-state index < -0.39 is 16.7 Å². The van der Waals surface area contributed by atoms with Crippen LogP contribution in [0.5, 0.6) is 0 Å². The number of nitrogens with zero attached hydrogens (tertiary/aromatic N) is 1.